The number of nitro groups is 1. The summed E-state index contributed by atoms with van der Waals surface area (Å²) >= 11 is 0. The van der Waals surface area contributed by atoms with Crippen molar-refractivity contribution >= 4 is 17.8 Å². The van der Waals surface area contributed by atoms with Crippen LogP contribution in [0.5, 0.6) is 0 Å². The molecule has 1 amide bonds. The van der Waals surface area contributed by atoms with Crippen molar-refractivity contribution in [2.24, 2.45) is 22.4 Å². The smallest absolute Gasteiger partial charge is 0.272 e. The highest BCUT2D eigenvalue weighted by Gasteiger charge is 2.64. The maximum absolute atomic E-state index is 12.3. The third-order valence-corrected chi connectivity index (χ3v) is 5.43. The van der Waals surface area contributed by atoms with Crippen LogP contribution in [0.25, 0.3) is 0 Å². The summed E-state index contributed by atoms with van der Waals surface area (Å²) in [5.74, 6) is 0.527. The summed E-state index contributed by atoms with van der Waals surface area (Å²) in [4.78, 5) is 22.8. The number of nitrogens with zero attached hydrogens (tertiary/aromatic N) is 2. The predicted molar refractivity (Wildman–Crippen MR) is 87.1 cm³/mol. The Morgan fingerprint density at radius 3 is 2.91 bits per heavy atom. The summed E-state index contributed by atoms with van der Waals surface area (Å²) in [6, 6.07) is 4.89. The number of benzene rings is 1. The van der Waals surface area contributed by atoms with Crippen LogP contribution in [0.4, 0.5) is 5.69 Å². The molecule has 1 aromatic carbocycles. The molecule has 6 heteroatoms. The van der Waals surface area contributed by atoms with Crippen LogP contribution >= 0.6 is 0 Å². The van der Waals surface area contributed by atoms with Gasteiger partial charge in [-0.1, -0.05) is 31.9 Å². The summed E-state index contributed by atoms with van der Waals surface area (Å²) in [5, 5.41) is 14.9. The number of rotatable bonds is 4. The van der Waals surface area contributed by atoms with Crippen molar-refractivity contribution in [1.82, 2.24) is 5.43 Å². The lowest BCUT2D eigenvalue weighted by atomic mass is 9.90. The zero-order valence-electron chi connectivity index (χ0n) is 13.4. The molecule has 0 spiro atoms. The average Bonchev–Trinajstić information content (AvgIpc) is 3.14. The van der Waals surface area contributed by atoms with Crippen LogP contribution in [-0.2, 0) is 4.79 Å². The maximum Gasteiger partial charge on any atom is 0.272 e. The van der Waals surface area contributed by atoms with E-state index in [0.717, 1.165) is 12.8 Å². The Kier molecular flexibility index (Phi) is 3.92. The van der Waals surface area contributed by atoms with Gasteiger partial charge in [0.1, 0.15) is 0 Å². The fourth-order valence-electron chi connectivity index (χ4n) is 3.99. The third-order valence-electron chi connectivity index (χ3n) is 5.43. The van der Waals surface area contributed by atoms with Gasteiger partial charge in [-0.3, -0.25) is 14.9 Å². The van der Waals surface area contributed by atoms with E-state index < -0.39 is 4.92 Å². The number of amides is 1. The zero-order chi connectivity index (χ0) is 16.6. The Hall–Kier alpha value is -2.24. The quantitative estimate of drug-likeness (QED) is 0.526. The van der Waals surface area contributed by atoms with Gasteiger partial charge in [-0.25, -0.2) is 5.43 Å². The lowest BCUT2D eigenvalue weighted by Gasteiger charge is -2.15. The Labute approximate surface area is 135 Å². The summed E-state index contributed by atoms with van der Waals surface area (Å²) in [5.41, 5.74) is 4.01. The molecule has 6 nitrogen and oxygen atoms in total. The number of carbonyl (C=O) groups is 1. The highest BCUT2D eigenvalue weighted by atomic mass is 16.6. The number of nitrogens with one attached hydrogen (secondary N) is 1. The maximum atomic E-state index is 12.3. The molecular weight excluding hydrogens is 294 g/mol. The number of nitro benzene ring substituents is 1. The average molecular weight is 315 g/mol. The minimum Gasteiger partial charge on any atom is -0.273 e. The lowest BCUT2D eigenvalue weighted by Crippen LogP contribution is -2.22. The van der Waals surface area contributed by atoms with Gasteiger partial charge in [-0.2, -0.15) is 5.10 Å². The molecule has 2 fully saturated rings. The topological polar surface area (TPSA) is 84.6 Å². The Balaban J connectivity index is 1.62. The van der Waals surface area contributed by atoms with Crippen molar-refractivity contribution in [1.29, 1.82) is 0 Å². The van der Waals surface area contributed by atoms with E-state index in [9.17, 15) is 14.9 Å². The molecule has 0 unspecified atom stereocenters. The van der Waals surface area contributed by atoms with Crippen molar-refractivity contribution in [3.8, 4) is 0 Å². The number of hydrogen-bond acceptors (Lipinski definition) is 4. The van der Waals surface area contributed by atoms with Gasteiger partial charge in [-0.15, -0.1) is 0 Å². The van der Waals surface area contributed by atoms with E-state index in [1.807, 2.05) is 0 Å². The Morgan fingerprint density at radius 2 is 2.26 bits per heavy atom. The number of hydrogen-bond donors (Lipinski definition) is 1. The molecule has 0 aromatic heterocycles. The molecule has 23 heavy (non-hydrogen) atoms. The van der Waals surface area contributed by atoms with Gasteiger partial charge in [0, 0.05) is 23.1 Å². The van der Waals surface area contributed by atoms with Crippen molar-refractivity contribution in [2.75, 3.05) is 0 Å². The van der Waals surface area contributed by atoms with Gasteiger partial charge >= 0.3 is 0 Å². The number of fused-ring (bicyclic) bond motifs is 1. The van der Waals surface area contributed by atoms with E-state index >= 15 is 0 Å². The van der Waals surface area contributed by atoms with E-state index in [2.05, 4.69) is 17.5 Å². The molecule has 2 aliphatic rings. The van der Waals surface area contributed by atoms with E-state index in [4.69, 9.17) is 0 Å². The SMILES string of the molecule is Cc1ccc(/C=N\NC(=O)[C@@H]2[C@H]3CCCC[C@@]32C)cc1[N+](=O)[O-]. The first-order chi connectivity index (χ1) is 10.9. The van der Waals surface area contributed by atoms with E-state index in [1.165, 1.54) is 25.1 Å². The molecule has 3 atom stereocenters. The molecule has 1 aromatic rings. The number of carbonyl (C=O) groups excluding carboxylic acids is 1. The van der Waals surface area contributed by atoms with Crippen LogP contribution in [0.1, 0.15) is 43.7 Å². The van der Waals surface area contributed by atoms with Gasteiger partial charge in [0.25, 0.3) is 5.69 Å². The molecule has 0 saturated heterocycles. The van der Waals surface area contributed by atoms with Crippen LogP contribution < -0.4 is 5.43 Å². The summed E-state index contributed by atoms with van der Waals surface area (Å²) in [6.07, 6.45) is 6.11. The zero-order valence-corrected chi connectivity index (χ0v) is 13.4. The minimum atomic E-state index is -0.416. The Bertz CT molecular complexity index is 686. The lowest BCUT2D eigenvalue weighted by molar-refractivity contribution is -0.385. The summed E-state index contributed by atoms with van der Waals surface area (Å²) < 4.78 is 0. The molecule has 2 aliphatic carbocycles. The summed E-state index contributed by atoms with van der Waals surface area (Å²) in [6.45, 7) is 3.88. The predicted octanol–water partition coefficient (Wildman–Crippen LogP) is 3.18. The monoisotopic (exact) mass is 315 g/mol. The van der Waals surface area contributed by atoms with Crippen molar-refractivity contribution in [3.05, 3.63) is 39.4 Å². The van der Waals surface area contributed by atoms with E-state index in [-0.39, 0.29) is 22.9 Å². The second-order valence-corrected chi connectivity index (χ2v) is 6.87. The van der Waals surface area contributed by atoms with Crippen LogP contribution in [0.3, 0.4) is 0 Å². The van der Waals surface area contributed by atoms with Gasteiger partial charge < -0.3 is 0 Å². The first kappa shape index (κ1) is 15.6. The largest absolute Gasteiger partial charge is 0.273 e. The minimum absolute atomic E-state index is 0.0303. The molecule has 0 radical (unpaired) electrons. The van der Waals surface area contributed by atoms with Crippen molar-refractivity contribution < 1.29 is 9.72 Å². The molecular formula is C17H21N3O3. The van der Waals surface area contributed by atoms with Gasteiger partial charge in [-0.05, 0) is 31.1 Å². The molecule has 0 bridgehead atoms. The molecule has 122 valence electrons. The van der Waals surface area contributed by atoms with Gasteiger partial charge in [0.05, 0.1) is 11.1 Å². The first-order valence-electron chi connectivity index (χ1n) is 8.01. The fourth-order valence-corrected chi connectivity index (χ4v) is 3.99. The molecule has 1 N–H and O–H groups in total. The van der Waals surface area contributed by atoms with Crippen LogP contribution in [0.2, 0.25) is 0 Å². The highest BCUT2D eigenvalue weighted by molar-refractivity contribution is 5.86. The summed E-state index contributed by atoms with van der Waals surface area (Å²) in [7, 11) is 0. The first-order valence-corrected chi connectivity index (χ1v) is 8.01. The standard InChI is InChI=1S/C17H21N3O3/c1-11-6-7-12(9-14(11)20(22)23)10-18-19-16(21)15-13-5-3-4-8-17(13,15)2/h6-7,9-10,13,15H,3-5,8H2,1-2H3,(H,19,21)/b18-10-/t13-,15+,17+/m1/s1. The normalized spacial score (nSPS) is 29.1. The van der Waals surface area contributed by atoms with Crippen LogP contribution in [-0.4, -0.2) is 17.0 Å². The third kappa shape index (κ3) is 2.85. The van der Waals surface area contributed by atoms with Crippen LogP contribution in [0, 0.1) is 34.3 Å². The second kappa shape index (κ2) is 5.76. The molecule has 0 heterocycles. The van der Waals surface area contributed by atoms with E-state index in [1.54, 1.807) is 19.1 Å². The van der Waals surface area contributed by atoms with Crippen molar-refractivity contribution in [2.45, 2.75) is 39.5 Å². The van der Waals surface area contributed by atoms with Gasteiger partial charge in [0.15, 0.2) is 0 Å². The number of aryl methyl sites for hydroxylation is 1. The van der Waals surface area contributed by atoms with Crippen molar-refractivity contribution in [3.63, 3.8) is 0 Å². The molecule has 2 saturated carbocycles. The van der Waals surface area contributed by atoms with E-state index in [0.29, 0.717) is 17.0 Å². The van der Waals surface area contributed by atoms with Gasteiger partial charge in [0.2, 0.25) is 5.91 Å². The fraction of sp³-hybridized carbons (Fsp3) is 0.529. The Morgan fingerprint density at radius 1 is 1.48 bits per heavy atom. The second-order valence-electron chi connectivity index (χ2n) is 6.87. The number of hydrazone groups is 1. The molecule has 0 aliphatic heterocycles. The van der Waals surface area contributed by atoms with Crippen LogP contribution in [0.15, 0.2) is 23.3 Å². The highest BCUT2D eigenvalue weighted by Crippen LogP contribution is 2.66. The molecule has 3 rings (SSSR count).